The standard InChI is InChI=1S/C20H25N3O2/c1-16(2)17-3-5-19(6-4-17)25-15-20(24)23-13-11-22(12-14-23)18-7-9-21-10-8-18/h3-10,16H,11-15H2,1-2H3. The van der Waals surface area contributed by atoms with Crippen LogP contribution in [-0.4, -0.2) is 48.6 Å². The van der Waals surface area contributed by atoms with Gasteiger partial charge >= 0.3 is 0 Å². The molecule has 0 atom stereocenters. The lowest BCUT2D eigenvalue weighted by molar-refractivity contribution is -0.133. The maximum Gasteiger partial charge on any atom is 0.260 e. The fourth-order valence-electron chi connectivity index (χ4n) is 2.95. The molecule has 1 aliphatic rings. The molecule has 1 amide bonds. The van der Waals surface area contributed by atoms with Gasteiger partial charge in [-0.15, -0.1) is 0 Å². The van der Waals surface area contributed by atoms with E-state index in [2.05, 4.69) is 35.9 Å². The molecule has 1 saturated heterocycles. The first kappa shape index (κ1) is 17.3. The number of nitrogens with zero attached hydrogens (tertiary/aromatic N) is 3. The Bertz CT molecular complexity index is 678. The Hall–Kier alpha value is -2.56. The van der Waals surface area contributed by atoms with E-state index < -0.39 is 0 Å². The zero-order valence-corrected chi connectivity index (χ0v) is 14.9. The number of ether oxygens (including phenoxy) is 1. The molecule has 5 nitrogen and oxygen atoms in total. The summed E-state index contributed by atoms with van der Waals surface area (Å²) in [5.74, 6) is 1.28. The molecule has 0 bridgehead atoms. The largest absolute Gasteiger partial charge is 0.484 e. The van der Waals surface area contributed by atoms with E-state index in [1.165, 1.54) is 5.56 Å². The average Bonchev–Trinajstić information content (AvgIpc) is 2.67. The van der Waals surface area contributed by atoms with Crippen LogP contribution in [0.5, 0.6) is 5.75 Å². The van der Waals surface area contributed by atoms with Crippen LogP contribution in [0.25, 0.3) is 0 Å². The van der Waals surface area contributed by atoms with Crippen LogP contribution < -0.4 is 9.64 Å². The lowest BCUT2D eigenvalue weighted by Crippen LogP contribution is -2.50. The van der Waals surface area contributed by atoms with Gasteiger partial charge < -0.3 is 14.5 Å². The van der Waals surface area contributed by atoms with Crippen LogP contribution in [0.3, 0.4) is 0 Å². The highest BCUT2D eigenvalue weighted by atomic mass is 16.5. The zero-order valence-electron chi connectivity index (χ0n) is 14.9. The third-order valence-electron chi connectivity index (χ3n) is 4.57. The minimum Gasteiger partial charge on any atom is -0.484 e. The molecule has 0 unspecified atom stereocenters. The number of hydrogen-bond acceptors (Lipinski definition) is 4. The Kier molecular flexibility index (Phi) is 5.53. The van der Waals surface area contributed by atoms with Crippen LogP contribution in [-0.2, 0) is 4.79 Å². The van der Waals surface area contributed by atoms with Crippen molar-refractivity contribution in [1.29, 1.82) is 0 Å². The van der Waals surface area contributed by atoms with Gasteiger partial charge in [0.15, 0.2) is 6.61 Å². The molecule has 0 aliphatic carbocycles. The molecule has 0 saturated carbocycles. The van der Waals surface area contributed by atoms with Crippen molar-refractivity contribution in [3.05, 3.63) is 54.4 Å². The number of anilines is 1. The van der Waals surface area contributed by atoms with E-state index in [9.17, 15) is 4.79 Å². The van der Waals surface area contributed by atoms with Gasteiger partial charge in [0, 0.05) is 44.3 Å². The second kappa shape index (κ2) is 8.01. The molecule has 1 aromatic heterocycles. The lowest BCUT2D eigenvalue weighted by atomic mass is 10.0. The first-order valence-corrected chi connectivity index (χ1v) is 8.79. The molecule has 0 spiro atoms. The molecule has 25 heavy (non-hydrogen) atoms. The summed E-state index contributed by atoms with van der Waals surface area (Å²) in [6.45, 7) is 7.51. The first-order valence-electron chi connectivity index (χ1n) is 8.79. The zero-order chi connectivity index (χ0) is 17.6. The van der Waals surface area contributed by atoms with Crippen molar-refractivity contribution in [3.8, 4) is 5.75 Å². The van der Waals surface area contributed by atoms with E-state index in [-0.39, 0.29) is 12.5 Å². The molecule has 0 radical (unpaired) electrons. The smallest absolute Gasteiger partial charge is 0.260 e. The number of rotatable bonds is 5. The Morgan fingerprint density at radius 2 is 1.68 bits per heavy atom. The van der Waals surface area contributed by atoms with Crippen LogP contribution in [0, 0.1) is 0 Å². The quantitative estimate of drug-likeness (QED) is 0.840. The van der Waals surface area contributed by atoms with Gasteiger partial charge in [-0.2, -0.15) is 0 Å². The number of carbonyl (C=O) groups is 1. The molecule has 5 heteroatoms. The minimum absolute atomic E-state index is 0.0438. The van der Waals surface area contributed by atoms with Gasteiger partial charge in [-0.05, 0) is 35.7 Å². The van der Waals surface area contributed by atoms with Gasteiger partial charge in [0.05, 0.1) is 0 Å². The predicted octanol–water partition coefficient (Wildman–Crippen LogP) is 2.93. The Morgan fingerprint density at radius 3 is 2.28 bits per heavy atom. The van der Waals surface area contributed by atoms with E-state index in [0.717, 1.165) is 37.6 Å². The first-order chi connectivity index (χ1) is 12.1. The third-order valence-corrected chi connectivity index (χ3v) is 4.57. The lowest BCUT2D eigenvalue weighted by Gasteiger charge is -2.36. The Morgan fingerprint density at radius 1 is 1.04 bits per heavy atom. The molecule has 1 aliphatic heterocycles. The number of aromatic nitrogens is 1. The Balaban J connectivity index is 1.46. The fourth-order valence-corrected chi connectivity index (χ4v) is 2.95. The van der Waals surface area contributed by atoms with E-state index in [1.807, 2.05) is 29.2 Å². The van der Waals surface area contributed by atoms with Crippen LogP contribution in [0.4, 0.5) is 5.69 Å². The number of piperazine rings is 1. The Labute approximate surface area is 149 Å². The SMILES string of the molecule is CC(C)c1ccc(OCC(=O)N2CCN(c3ccncc3)CC2)cc1. The van der Waals surface area contributed by atoms with Gasteiger partial charge in [-0.1, -0.05) is 26.0 Å². The van der Waals surface area contributed by atoms with Gasteiger partial charge in [0.1, 0.15) is 5.75 Å². The van der Waals surface area contributed by atoms with Gasteiger partial charge in [0.2, 0.25) is 0 Å². The van der Waals surface area contributed by atoms with E-state index in [4.69, 9.17) is 4.74 Å². The predicted molar refractivity (Wildman–Crippen MR) is 99.1 cm³/mol. The van der Waals surface area contributed by atoms with Crippen molar-refractivity contribution in [2.75, 3.05) is 37.7 Å². The number of carbonyl (C=O) groups excluding carboxylic acids is 1. The van der Waals surface area contributed by atoms with Crippen molar-refractivity contribution in [2.45, 2.75) is 19.8 Å². The molecule has 0 N–H and O–H groups in total. The molecule has 2 heterocycles. The van der Waals surface area contributed by atoms with Gasteiger partial charge in [-0.25, -0.2) is 0 Å². The molecular formula is C20H25N3O2. The highest BCUT2D eigenvalue weighted by molar-refractivity contribution is 5.78. The number of pyridine rings is 1. The normalized spacial score (nSPS) is 14.7. The van der Waals surface area contributed by atoms with Crippen molar-refractivity contribution in [1.82, 2.24) is 9.88 Å². The second-order valence-electron chi connectivity index (χ2n) is 6.59. The molecule has 1 aromatic carbocycles. The number of amides is 1. The van der Waals surface area contributed by atoms with Crippen molar-refractivity contribution >= 4 is 11.6 Å². The number of hydrogen-bond donors (Lipinski definition) is 0. The molecule has 2 aromatic rings. The summed E-state index contributed by atoms with van der Waals surface area (Å²) in [6, 6.07) is 12.0. The van der Waals surface area contributed by atoms with Crippen LogP contribution in [0.2, 0.25) is 0 Å². The van der Waals surface area contributed by atoms with E-state index >= 15 is 0 Å². The summed E-state index contributed by atoms with van der Waals surface area (Å²) >= 11 is 0. The van der Waals surface area contributed by atoms with Crippen LogP contribution in [0.1, 0.15) is 25.3 Å². The van der Waals surface area contributed by atoms with Crippen molar-refractivity contribution in [2.24, 2.45) is 0 Å². The highest BCUT2D eigenvalue weighted by Gasteiger charge is 2.21. The maximum absolute atomic E-state index is 12.4. The van der Waals surface area contributed by atoms with Gasteiger partial charge in [-0.3, -0.25) is 9.78 Å². The summed E-state index contributed by atoms with van der Waals surface area (Å²) in [5.41, 5.74) is 2.43. The van der Waals surface area contributed by atoms with Crippen LogP contribution >= 0.6 is 0 Å². The molecule has 3 rings (SSSR count). The third kappa shape index (κ3) is 4.50. The molecule has 132 valence electrons. The van der Waals surface area contributed by atoms with Crippen molar-refractivity contribution < 1.29 is 9.53 Å². The van der Waals surface area contributed by atoms with Crippen molar-refractivity contribution in [3.63, 3.8) is 0 Å². The maximum atomic E-state index is 12.4. The van der Waals surface area contributed by atoms with E-state index in [1.54, 1.807) is 12.4 Å². The topological polar surface area (TPSA) is 45.7 Å². The summed E-state index contributed by atoms with van der Waals surface area (Å²) < 4.78 is 5.65. The summed E-state index contributed by atoms with van der Waals surface area (Å²) in [6.07, 6.45) is 3.59. The monoisotopic (exact) mass is 339 g/mol. The van der Waals surface area contributed by atoms with E-state index in [0.29, 0.717) is 5.92 Å². The fraction of sp³-hybridized carbons (Fsp3) is 0.400. The highest BCUT2D eigenvalue weighted by Crippen LogP contribution is 2.19. The summed E-state index contributed by atoms with van der Waals surface area (Å²) in [4.78, 5) is 20.6. The number of benzene rings is 1. The summed E-state index contributed by atoms with van der Waals surface area (Å²) in [5, 5.41) is 0. The summed E-state index contributed by atoms with van der Waals surface area (Å²) in [7, 11) is 0. The minimum atomic E-state index is 0.0438. The van der Waals surface area contributed by atoms with Gasteiger partial charge in [0.25, 0.3) is 5.91 Å². The second-order valence-corrected chi connectivity index (χ2v) is 6.59. The molecule has 1 fully saturated rings. The van der Waals surface area contributed by atoms with Crippen LogP contribution in [0.15, 0.2) is 48.8 Å². The molecular weight excluding hydrogens is 314 g/mol. The average molecular weight is 339 g/mol.